The van der Waals surface area contributed by atoms with Crippen LogP contribution >= 0.6 is 0 Å². The molecule has 4 fully saturated rings. The van der Waals surface area contributed by atoms with Gasteiger partial charge in [0.15, 0.2) is 0 Å². The average molecular weight is 320 g/mol. The summed E-state index contributed by atoms with van der Waals surface area (Å²) in [5.41, 5.74) is 0. The monoisotopic (exact) mass is 319 g/mol. The quantitative estimate of drug-likeness (QED) is 0.634. The van der Waals surface area contributed by atoms with Gasteiger partial charge < -0.3 is 0 Å². The van der Waals surface area contributed by atoms with Gasteiger partial charge >= 0.3 is 0 Å². The third-order valence-electron chi connectivity index (χ3n) is 7.72. The molecule has 0 aromatic rings. The molecule has 0 radical (unpaired) electrons. The number of nitrogens with zero attached hydrogens (tertiary/aromatic N) is 1. The van der Waals surface area contributed by atoms with Crippen LogP contribution < -0.4 is 0 Å². The smallest absolute Gasteiger partial charge is 0.0599 e. The zero-order chi connectivity index (χ0) is 15.5. The van der Waals surface area contributed by atoms with E-state index >= 15 is 0 Å². The SMILES string of the molecule is CC1C2CCCCC2C2C3CCCCC3N(C[Si](C)(C)C)C12. The lowest BCUT2D eigenvalue weighted by atomic mass is 9.69. The Balaban J connectivity index is 1.66. The van der Waals surface area contributed by atoms with Gasteiger partial charge in [-0.3, -0.25) is 4.90 Å². The van der Waals surface area contributed by atoms with Crippen molar-refractivity contribution in [3.63, 3.8) is 0 Å². The maximum atomic E-state index is 3.11. The van der Waals surface area contributed by atoms with Crippen molar-refractivity contribution in [2.75, 3.05) is 6.17 Å². The van der Waals surface area contributed by atoms with Crippen molar-refractivity contribution < 1.29 is 0 Å². The third-order valence-corrected chi connectivity index (χ3v) is 9.03. The van der Waals surface area contributed by atoms with Gasteiger partial charge in [-0.2, -0.15) is 0 Å². The highest BCUT2D eigenvalue weighted by Gasteiger charge is 2.60. The fourth-order valence-corrected chi connectivity index (χ4v) is 8.80. The van der Waals surface area contributed by atoms with Crippen LogP contribution in [0.4, 0.5) is 0 Å². The molecule has 7 atom stereocenters. The molecule has 0 aromatic heterocycles. The Labute approximate surface area is 139 Å². The van der Waals surface area contributed by atoms with E-state index in [9.17, 15) is 0 Å². The van der Waals surface area contributed by atoms with E-state index in [0.717, 1.165) is 41.7 Å². The molecule has 0 aromatic carbocycles. The van der Waals surface area contributed by atoms with Gasteiger partial charge in [-0.1, -0.05) is 52.2 Å². The van der Waals surface area contributed by atoms with E-state index in [4.69, 9.17) is 0 Å². The summed E-state index contributed by atoms with van der Waals surface area (Å²) >= 11 is 0. The molecule has 22 heavy (non-hydrogen) atoms. The summed E-state index contributed by atoms with van der Waals surface area (Å²) in [6.07, 6.45) is 13.8. The van der Waals surface area contributed by atoms with Crippen molar-refractivity contribution in [3.05, 3.63) is 0 Å². The van der Waals surface area contributed by atoms with Crippen molar-refractivity contribution in [2.24, 2.45) is 29.6 Å². The van der Waals surface area contributed by atoms with Gasteiger partial charge in [-0.25, -0.2) is 0 Å². The second-order valence-electron chi connectivity index (χ2n) is 10.3. The van der Waals surface area contributed by atoms with Crippen LogP contribution in [0, 0.1) is 29.6 Å². The molecule has 126 valence electrons. The maximum absolute atomic E-state index is 3.11. The number of hydrogen-bond donors (Lipinski definition) is 0. The van der Waals surface area contributed by atoms with E-state index in [2.05, 4.69) is 31.5 Å². The second-order valence-corrected chi connectivity index (χ2v) is 15.7. The number of likely N-dealkylation sites (tertiary alicyclic amines) is 1. The highest BCUT2D eigenvalue weighted by atomic mass is 28.3. The van der Waals surface area contributed by atoms with E-state index < -0.39 is 8.07 Å². The van der Waals surface area contributed by atoms with Crippen LogP contribution in [0.3, 0.4) is 0 Å². The first-order chi connectivity index (χ1) is 10.5. The van der Waals surface area contributed by atoms with E-state index in [1.54, 1.807) is 19.3 Å². The van der Waals surface area contributed by atoms with Crippen LogP contribution in [0.1, 0.15) is 58.3 Å². The van der Waals surface area contributed by atoms with Crippen LogP contribution in [-0.4, -0.2) is 31.2 Å². The van der Waals surface area contributed by atoms with Crippen molar-refractivity contribution in [2.45, 2.75) is 90.0 Å². The molecule has 3 aliphatic carbocycles. The molecule has 0 spiro atoms. The lowest BCUT2D eigenvalue weighted by Gasteiger charge is -2.41. The summed E-state index contributed by atoms with van der Waals surface area (Å²) in [6, 6.07) is 1.94. The predicted molar refractivity (Wildman–Crippen MR) is 97.7 cm³/mol. The fourth-order valence-electron chi connectivity index (χ4n) is 7.26. The highest BCUT2D eigenvalue weighted by molar-refractivity contribution is 6.76. The van der Waals surface area contributed by atoms with Gasteiger partial charge in [0.2, 0.25) is 0 Å². The van der Waals surface area contributed by atoms with Crippen molar-refractivity contribution >= 4 is 8.07 Å². The molecular formula is C20H37NSi. The first-order valence-electron chi connectivity index (χ1n) is 10.2. The van der Waals surface area contributed by atoms with E-state index in [0.29, 0.717) is 0 Å². The minimum Gasteiger partial charge on any atom is -0.299 e. The molecule has 4 rings (SSSR count). The molecular weight excluding hydrogens is 282 g/mol. The summed E-state index contributed by atoms with van der Waals surface area (Å²) in [5, 5.41) is 0. The van der Waals surface area contributed by atoms with E-state index in [1.165, 1.54) is 38.3 Å². The Morgan fingerprint density at radius 3 is 2.09 bits per heavy atom. The Hall–Kier alpha value is 0.177. The molecule has 7 unspecified atom stereocenters. The van der Waals surface area contributed by atoms with Crippen molar-refractivity contribution in [3.8, 4) is 0 Å². The fraction of sp³-hybridized carbons (Fsp3) is 1.00. The molecule has 3 saturated carbocycles. The average Bonchev–Trinajstić information content (AvgIpc) is 2.94. The molecule has 0 amide bonds. The zero-order valence-corrected chi connectivity index (χ0v) is 16.4. The first kappa shape index (κ1) is 15.7. The van der Waals surface area contributed by atoms with Crippen molar-refractivity contribution in [1.82, 2.24) is 4.90 Å². The molecule has 1 heterocycles. The topological polar surface area (TPSA) is 3.24 Å². The van der Waals surface area contributed by atoms with E-state index in [1.807, 2.05) is 0 Å². The Morgan fingerprint density at radius 2 is 1.41 bits per heavy atom. The molecule has 1 saturated heterocycles. The van der Waals surface area contributed by atoms with E-state index in [-0.39, 0.29) is 0 Å². The Kier molecular flexibility index (Phi) is 4.01. The second kappa shape index (κ2) is 5.62. The van der Waals surface area contributed by atoms with Gasteiger partial charge in [0.05, 0.1) is 8.07 Å². The lowest BCUT2D eigenvalue weighted by Crippen LogP contribution is -2.49. The summed E-state index contributed by atoms with van der Waals surface area (Å²) in [6.45, 7) is 10.4. The lowest BCUT2D eigenvalue weighted by molar-refractivity contribution is 0.108. The van der Waals surface area contributed by atoms with Gasteiger partial charge in [0.25, 0.3) is 0 Å². The minimum absolute atomic E-state index is 0.966. The Morgan fingerprint density at radius 1 is 0.818 bits per heavy atom. The summed E-state index contributed by atoms with van der Waals surface area (Å²) < 4.78 is 0. The van der Waals surface area contributed by atoms with Gasteiger partial charge in [-0.15, -0.1) is 0 Å². The third kappa shape index (κ3) is 2.44. The molecule has 1 nitrogen and oxygen atoms in total. The number of fused-ring (bicyclic) bond motifs is 5. The largest absolute Gasteiger partial charge is 0.299 e. The van der Waals surface area contributed by atoms with Crippen LogP contribution in [0.5, 0.6) is 0 Å². The molecule has 2 heteroatoms. The first-order valence-corrected chi connectivity index (χ1v) is 13.9. The van der Waals surface area contributed by atoms with Gasteiger partial charge in [-0.05, 0) is 61.4 Å². The van der Waals surface area contributed by atoms with Crippen LogP contribution in [-0.2, 0) is 0 Å². The standard InChI is InChI=1S/C20H37NSi/c1-14-15-9-5-6-10-16(15)19-17-11-7-8-12-18(17)21(20(14)19)13-22(2,3)4/h14-20H,5-13H2,1-4H3. The predicted octanol–water partition coefficient (Wildman–Crippen LogP) is 5.18. The van der Waals surface area contributed by atoms with Crippen LogP contribution in [0.25, 0.3) is 0 Å². The zero-order valence-electron chi connectivity index (χ0n) is 15.4. The van der Waals surface area contributed by atoms with Crippen LogP contribution in [0.2, 0.25) is 19.6 Å². The molecule has 0 N–H and O–H groups in total. The summed E-state index contributed by atoms with van der Waals surface area (Å²) in [4.78, 5) is 3.11. The van der Waals surface area contributed by atoms with Crippen LogP contribution in [0.15, 0.2) is 0 Å². The normalized spacial score (nSPS) is 48.8. The summed E-state index contributed by atoms with van der Waals surface area (Å²) in [7, 11) is -1.01. The maximum Gasteiger partial charge on any atom is 0.0599 e. The van der Waals surface area contributed by atoms with Gasteiger partial charge in [0.1, 0.15) is 0 Å². The molecule has 4 aliphatic rings. The van der Waals surface area contributed by atoms with Gasteiger partial charge in [0, 0.05) is 12.1 Å². The number of hydrogen-bond acceptors (Lipinski definition) is 1. The molecule has 0 bridgehead atoms. The Bertz CT molecular complexity index is 414. The minimum atomic E-state index is -1.01. The number of rotatable bonds is 2. The highest BCUT2D eigenvalue weighted by Crippen LogP contribution is 2.60. The van der Waals surface area contributed by atoms with Crippen molar-refractivity contribution in [1.29, 1.82) is 0 Å². The molecule has 1 aliphatic heterocycles. The summed E-state index contributed by atoms with van der Waals surface area (Å²) in [5.74, 6) is 5.33.